The summed E-state index contributed by atoms with van der Waals surface area (Å²) >= 11 is 0. The quantitative estimate of drug-likeness (QED) is 0.809. The van der Waals surface area contributed by atoms with E-state index in [1.807, 2.05) is 0 Å². The van der Waals surface area contributed by atoms with Gasteiger partial charge < -0.3 is 20.2 Å². The van der Waals surface area contributed by atoms with Crippen molar-refractivity contribution in [1.29, 1.82) is 0 Å². The summed E-state index contributed by atoms with van der Waals surface area (Å²) < 4.78 is 0. The molecule has 27 heavy (non-hydrogen) atoms. The van der Waals surface area contributed by atoms with Gasteiger partial charge in [0, 0.05) is 43.9 Å². The minimum atomic E-state index is -0.895. The van der Waals surface area contributed by atoms with E-state index in [-0.39, 0.29) is 24.3 Å². The summed E-state index contributed by atoms with van der Waals surface area (Å²) in [5.41, 5.74) is 0.452. The molecular formula is C20H25N3O4. The van der Waals surface area contributed by atoms with Gasteiger partial charge >= 0.3 is 0 Å². The second-order valence-electron chi connectivity index (χ2n) is 7.74. The maximum absolute atomic E-state index is 13.0. The summed E-state index contributed by atoms with van der Waals surface area (Å²) in [5, 5.41) is 13.3. The molecule has 1 spiro atoms. The van der Waals surface area contributed by atoms with Crippen molar-refractivity contribution in [2.45, 2.75) is 38.2 Å². The number of amides is 3. The molecule has 3 saturated heterocycles. The molecule has 0 unspecified atom stereocenters. The third-order valence-corrected chi connectivity index (χ3v) is 6.11. The molecule has 1 aromatic rings. The zero-order valence-electron chi connectivity index (χ0n) is 15.3. The molecule has 3 aliphatic rings. The van der Waals surface area contributed by atoms with Crippen LogP contribution >= 0.6 is 0 Å². The van der Waals surface area contributed by atoms with Crippen LogP contribution in [0.3, 0.4) is 0 Å². The van der Waals surface area contributed by atoms with E-state index in [4.69, 9.17) is 0 Å². The van der Waals surface area contributed by atoms with E-state index in [1.54, 1.807) is 34.1 Å². The number of likely N-dealkylation sites (tertiary alicyclic amines) is 1. The fourth-order valence-electron chi connectivity index (χ4n) is 4.50. The Morgan fingerprint density at radius 2 is 1.93 bits per heavy atom. The second-order valence-corrected chi connectivity index (χ2v) is 7.74. The SMILES string of the molecule is O=C(c1ccc(N2CCCC2=O)cc1)N1CC[C@@H](O)[C@@]2(CCCNC2=O)C1. The van der Waals surface area contributed by atoms with E-state index in [2.05, 4.69) is 5.32 Å². The number of carbonyl (C=O) groups excluding carboxylic acids is 3. The van der Waals surface area contributed by atoms with Gasteiger partial charge in [-0.3, -0.25) is 14.4 Å². The number of carbonyl (C=O) groups is 3. The highest BCUT2D eigenvalue weighted by Gasteiger charge is 2.50. The van der Waals surface area contributed by atoms with Gasteiger partial charge in [0.15, 0.2) is 0 Å². The van der Waals surface area contributed by atoms with Gasteiger partial charge in [-0.15, -0.1) is 0 Å². The smallest absolute Gasteiger partial charge is 0.253 e. The third kappa shape index (κ3) is 3.10. The molecule has 1 aromatic carbocycles. The normalized spacial score (nSPS) is 28.6. The zero-order valence-corrected chi connectivity index (χ0v) is 15.3. The Morgan fingerprint density at radius 3 is 2.59 bits per heavy atom. The zero-order chi connectivity index (χ0) is 19.0. The first-order valence-electron chi connectivity index (χ1n) is 9.67. The van der Waals surface area contributed by atoms with Crippen LogP contribution in [-0.4, -0.2) is 60.0 Å². The van der Waals surface area contributed by atoms with Crippen molar-refractivity contribution in [3.63, 3.8) is 0 Å². The lowest BCUT2D eigenvalue weighted by Crippen LogP contribution is -2.62. The first-order chi connectivity index (χ1) is 13.0. The number of rotatable bonds is 2. The number of benzene rings is 1. The average Bonchev–Trinajstić information content (AvgIpc) is 3.11. The van der Waals surface area contributed by atoms with Gasteiger partial charge in [-0.1, -0.05) is 0 Å². The molecule has 144 valence electrons. The van der Waals surface area contributed by atoms with Gasteiger partial charge in [-0.2, -0.15) is 0 Å². The molecule has 3 heterocycles. The second kappa shape index (κ2) is 6.96. The summed E-state index contributed by atoms with van der Waals surface area (Å²) in [7, 11) is 0. The molecule has 3 amide bonds. The predicted octanol–water partition coefficient (Wildman–Crippen LogP) is 0.917. The number of hydrogen-bond acceptors (Lipinski definition) is 4. The molecule has 4 rings (SSSR count). The lowest BCUT2D eigenvalue weighted by molar-refractivity contribution is -0.147. The first kappa shape index (κ1) is 18.0. The van der Waals surface area contributed by atoms with E-state index < -0.39 is 11.5 Å². The van der Waals surface area contributed by atoms with Gasteiger partial charge in [-0.25, -0.2) is 0 Å². The standard InChI is InChI=1S/C20H25N3O4/c24-16-8-12-22(13-20(16)9-2-10-21-19(20)27)18(26)14-4-6-15(7-5-14)23-11-1-3-17(23)25/h4-7,16,24H,1-3,8-13H2,(H,21,27)/t16-,20-/m1/s1. The Kier molecular flexibility index (Phi) is 4.63. The Labute approximate surface area is 158 Å². The van der Waals surface area contributed by atoms with Crippen molar-refractivity contribution < 1.29 is 19.5 Å². The summed E-state index contributed by atoms with van der Waals surface area (Å²) in [5.74, 6) is -0.176. The van der Waals surface area contributed by atoms with Crippen LogP contribution in [0.25, 0.3) is 0 Å². The van der Waals surface area contributed by atoms with Gasteiger partial charge in [0.05, 0.1) is 11.5 Å². The molecule has 2 N–H and O–H groups in total. The molecule has 3 fully saturated rings. The van der Waals surface area contributed by atoms with Crippen molar-refractivity contribution in [2.24, 2.45) is 5.41 Å². The molecule has 3 aliphatic heterocycles. The predicted molar refractivity (Wildman–Crippen MR) is 99.2 cm³/mol. The van der Waals surface area contributed by atoms with Crippen LogP contribution in [0.2, 0.25) is 0 Å². The average molecular weight is 371 g/mol. The molecule has 0 aliphatic carbocycles. The van der Waals surface area contributed by atoms with Crippen LogP contribution in [0, 0.1) is 5.41 Å². The highest BCUT2D eigenvalue weighted by Crippen LogP contribution is 2.37. The minimum Gasteiger partial charge on any atom is -0.392 e. The highest BCUT2D eigenvalue weighted by atomic mass is 16.3. The molecule has 7 nitrogen and oxygen atoms in total. The lowest BCUT2D eigenvalue weighted by Gasteiger charge is -2.46. The number of aliphatic hydroxyl groups excluding tert-OH is 1. The number of hydrogen-bond donors (Lipinski definition) is 2. The first-order valence-corrected chi connectivity index (χ1v) is 9.67. The van der Waals surface area contributed by atoms with Crippen molar-refractivity contribution in [1.82, 2.24) is 10.2 Å². The van der Waals surface area contributed by atoms with Crippen LogP contribution in [0.1, 0.15) is 42.5 Å². The van der Waals surface area contributed by atoms with Crippen LogP contribution in [0.15, 0.2) is 24.3 Å². The summed E-state index contributed by atoms with van der Waals surface area (Å²) in [4.78, 5) is 40.7. The van der Waals surface area contributed by atoms with E-state index in [0.29, 0.717) is 44.5 Å². The number of nitrogens with zero attached hydrogens (tertiary/aromatic N) is 2. The summed E-state index contributed by atoms with van der Waals surface area (Å²) in [6.07, 6.45) is 2.52. The van der Waals surface area contributed by atoms with E-state index in [9.17, 15) is 19.5 Å². The van der Waals surface area contributed by atoms with E-state index >= 15 is 0 Å². The van der Waals surface area contributed by atoms with Crippen LogP contribution < -0.4 is 10.2 Å². The largest absolute Gasteiger partial charge is 0.392 e. The van der Waals surface area contributed by atoms with Crippen LogP contribution in [-0.2, 0) is 9.59 Å². The molecule has 0 saturated carbocycles. The Morgan fingerprint density at radius 1 is 1.15 bits per heavy atom. The summed E-state index contributed by atoms with van der Waals surface area (Å²) in [6, 6.07) is 7.08. The summed E-state index contributed by atoms with van der Waals surface area (Å²) in [6.45, 7) is 2.01. The number of aliphatic hydroxyl groups is 1. The monoisotopic (exact) mass is 371 g/mol. The number of anilines is 1. The van der Waals surface area contributed by atoms with Crippen molar-refractivity contribution in [3.8, 4) is 0 Å². The van der Waals surface area contributed by atoms with Crippen LogP contribution in [0.5, 0.6) is 0 Å². The maximum atomic E-state index is 13.0. The minimum absolute atomic E-state index is 0.115. The van der Waals surface area contributed by atoms with Crippen molar-refractivity contribution in [3.05, 3.63) is 29.8 Å². The fraction of sp³-hybridized carbons (Fsp3) is 0.550. The van der Waals surface area contributed by atoms with Crippen molar-refractivity contribution >= 4 is 23.4 Å². The van der Waals surface area contributed by atoms with Gasteiger partial charge in [0.1, 0.15) is 0 Å². The number of piperidine rings is 2. The highest BCUT2D eigenvalue weighted by molar-refractivity contribution is 5.98. The molecule has 2 atom stereocenters. The fourth-order valence-corrected chi connectivity index (χ4v) is 4.50. The van der Waals surface area contributed by atoms with Gasteiger partial charge in [0.2, 0.25) is 11.8 Å². The Bertz CT molecular complexity index is 763. The molecule has 0 aromatic heterocycles. The molecule has 7 heteroatoms. The third-order valence-electron chi connectivity index (χ3n) is 6.11. The van der Waals surface area contributed by atoms with Crippen molar-refractivity contribution in [2.75, 3.05) is 31.1 Å². The lowest BCUT2D eigenvalue weighted by atomic mass is 9.71. The van der Waals surface area contributed by atoms with Gasteiger partial charge in [-0.05, 0) is 49.9 Å². The van der Waals surface area contributed by atoms with Crippen LogP contribution in [0.4, 0.5) is 5.69 Å². The van der Waals surface area contributed by atoms with E-state index in [1.165, 1.54) is 0 Å². The van der Waals surface area contributed by atoms with E-state index in [0.717, 1.165) is 18.5 Å². The van der Waals surface area contributed by atoms with Gasteiger partial charge in [0.25, 0.3) is 5.91 Å². The molecule has 0 bridgehead atoms. The molecule has 0 radical (unpaired) electrons. The topological polar surface area (TPSA) is 90.0 Å². The number of nitrogens with one attached hydrogen (secondary N) is 1. The maximum Gasteiger partial charge on any atom is 0.253 e. The Hall–Kier alpha value is -2.41. The Balaban J connectivity index is 1.50. The molecular weight excluding hydrogens is 346 g/mol.